The Balaban J connectivity index is 3.25. The van der Waals surface area contributed by atoms with Gasteiger partial charge in [0.2, 0.25) is 0 Å². The molecular weight excluding hydrogens is 229 g/mol. The smallest absolute Gasteiger partial charge is 0.405 e. The lowest BCUT2D eigenvalue weighted by atomic mass is 9.97. The lowest BCUT2D eigenvalue weighted by Gasteiger charge is -2.18. The van der Waals surface area contributed by atoms with Gasteiger partial charge in [-0.25, -0.2) is 0 Å². The van der Waals surface area contributed by atoms with Crippen molar-refractivity contribution in [3.05, 3.63) is 47.9 Å². The van der Waals surface area contributed by atoms with Crippen LogP contribution in [0.1, 0.15) is 25.0 Å². The summed E-state index contributed by atoms with van der Waals surface area (Å²) >= 11 is 0. The van der Waals surface area contributed by atoms with E-state index in [1.807, 2.05) is 0 Å². The molecular formula is C13H14F3O. The van der Waals surface area contributed by atoms with Crippen LogP contribution in [0.2, 0.25) is 0 Å². The van der Waals surface area contributed by atoms with Gasteiger partial charge in [0.15, 0.2) is 0 Å². The number of allylic oxidation sites excluding steroid dienone is 1. The number of aryl methyl sites for hydroxylation is 1. The molecule has 0 fully saturated rings. The van der Waals surface area contributed by atoms with Gasteiger partial charge in [0.1, 0.15) is 5.75 Å². The highest BCUT2D eigenvalue weighted by Gasteiger charge is 2.33. The van der Waals surface area contributed by atoms with Gasteiger partial charge in [0.25, 0.3) is 0 Å². The van der Waals surface area contributed by atoms with Crippen LogP contribution in [0.4, 0.5) is 13.2 Å². The third-order valence-corrected chi connectivity index (χ3v) is 2.43. The highest BCUT2D eigenvalue weighted by atomic mass is 19.4. The first-order valence-corrected chi connectivity index (χ1v) is 5.23. The van der Waals surface area contributed by atoms with E-state index in [1.165, 1.54) is 6.08 Å². The summed E-state index contributed by atoms with van der Waals surface area (Å²) < 4.78 is 41.2. The molecule has 0 spiro atoms. The first-order valence-electron chi connectivity index (χ1n) is 5.23. The van der Waals surface area contributed by atoms with E-state index in [4.69, 9.17) is 0 Å². The molecule has 0 aromatic heterocycles. The standard InChI is InChI=1S/C13H14F3O/c1-4-9(3)11-8-6-7-10(5-2)12(11)17-13(14,15)16/h4,6-8H,1,5H2,2-3H3. The Morgan fingerprint density at radius 1 is 1.41 bits per heavy atom. The summed E-state index contributed by atoms with van der Waals surface area (Å²) in [7, 11) is 0. The number of benzene rings is 1. The minimum Gasteiger partial charge on any atom is -0.405 e. The second-order valence-electron chi connectivity index (χ2n) is 3.58. The Hall–Kier alpha value is -1.45. The van der Waals surface area contributed by atoms with Gasteiger partial charge in [-0.2, -0.15) is 0 Å². The number of para-hydroxylation sites is 1. The van der Waals surface area contributed by atoms with Crippen molar-refractivity contribution in [2.75, 3.05) is 0 Å². The van der Waals surface area contributed by atoms with Gasteiger partial charge < -0.3 is 4.74 Å². The van der Waals surface area contributed by atoms with E-state index in [2.05, 4.69) is 11.3 Å². The number of halogens is 3. The molecule has 0 saturated carbocycles. The minimum absolute atomic E-state index is 0.125. The van der Waals surface area contributed by atoms with Gasteiger partial charge in [0, 0.05) is 11.5 Å². The Bertz CT molecular complexity index is 396. The number of ether oxygens (including phenoxy) is 1. The molecule has 0 N–H and O–H groups in total. The van der Waals surface area contributed by atoms with Crippen molar-refractivity contribution in [1.29, 1.82) is 0 Å². The average Bonchev–Trinajstić information content (AvgIpc) is 2.26. The third-order valence-electron chi connectivity index (χ3n) is 2.43. The molecule has 1 aromatic carbocycles. The average molecular weight is 243 g/mol. The van der Waals surface area contributed by atoms with E-state index in [0.29, 0.717) is 23.5 Å². The molecule has 0 unspecified atom stereocenters. The number of alkyl halides is 3. The lowest BCUT2D eigenvalue weighted by Crippen LogP contribution is -2.19. The maximum absolute atomic E-state index is 12.3. The highest BCUT2D eigenvalue weighted by molar-refractivity contribution is 5.50. The molecule has 4 heteroatoms. The van der Waals surface area contributed by atoms with Gasteiger partial charge in [-0.3, -0.25) is 0 Å². The van der Waals surface area contributed by atoms with Crippen LogP contribution in [0.3, 0.4) is 0 Å². The summed E-state index contributed by atoms with van der Waals surface area (Å²) in [5, 5.41) is 0. The van der Waals surface area contributed by atoms with Crippen LogP contribution in [-0.4, -0.2) is 6.36 Å². The van der Waals surface area contributed by atoms with Crippen molar-refractivity contribution >= 4 is 0 Å². The molecule has 0 aliphatic carbocycles. The molecule has 17 heavy (non-hydrogen) atoms. The van der Waals surface area contributed by atoms with E-state index < -0.39 is 6.36 Å². The fourth-order valence-corrected chi connectivity index (χ4v) is 1.52. The van der Waals surface area contributed by atoms with Crippen LogP contribution in [0.25, 0.3) is 0 Å². The van der Waals surface area contributed by atoms with Gasteiger partial charge in [0.05, 0.1) is 0 Å². The molecule has 0 aliphatic heterocycles. The molecule has 0 amide bonds. The number of rotatable bonds is 4. The van der Waals surface area contributed by atoms with E-state index in [9.17, 15) is 13.2 Å². The van der Waals surface area contributed by atoms with E-state index in [0.717, 1.165) is 0 Å². The fourth-order valence-electron chi connectivity index (χ4n) is 1.52. The molecule has 93 valence electrons. The zero-order valence-electron chi connectivity index (χ0n) is 9.77. The summed E-state index contributed by atoms with van der Waals surface area (Å²) in [5.41, 5.74) is 0.956. The molecule has 0 atom stereocenters. The lowest BCUT2D eigenvalue weighted by molar-refractivity contribution is -0.275. The van der Waals surface area contributed by atoms with Crippen LogP contribution in [-0.2, 0) is 6.42 Å². The number of hydrogen-bond acceptors (Lipinski definition) is 1. The summed E-state index contributed by atoms with van der Waals surface area (Å²) in [6.45, 7) is 7.04. The summed E-state index contributed by atoms with van der Waals surface area (Å²) in [6, 6.07) is 4.93. The zero-order valence-corrected chi connectivity index (χ0v) is 9.77. The van der Waals surface area contributed by atoms with Crippen LogP contribution >= 0.6 is 0 Å². The molecule has 0 saturated heterocycles. The van der Waals surface area contributed by atoms with Crippen LogP contribution in [0, 0.1) is 5.92 Å². The van der Waals surface area contributed by atoms with Crippen LogP contribution in [0.5, 0.6) is 5.75 Å². The van der Waals surface area contributed by atoms with Crippen molar-refractivity contribution in [2.24, 2.45) is 0 Å². The predicted molar refractivity (Wildman–Crippen MR) is 60.7 cm³/mol. The summed E-state index contributed by atoms with van der Waals surface area (Å²) in [6.07, 6.45) is -2.69. The van der Waals surface area contributed by atoms with Crippen LogP contribution < -0.4 is 4.74 Å². The van der Waals surface area contributed by atoms with Gasteiger partial charge in [-0.15, -0.1) is 19.8 Å². The van der Waals surface area contributed by atoms with Gasteiger partial charge in [-0.1, -0.05) is 38.1 Å². The van der Waals surface area contributed by atoms with Crippen molar-refractivity contribution in [3.8, 4) is 5.75 Å². The second kappa shape index (κ2) is 5.25. The first-order chi connectivity index (χ1) is 7.89. The van der Waals surface area contributed by atoms with Crippen molar-refractivity contribution < 1.29 is 17.9 Å². The zero-order chi connectivity index (χ0) is 13.1. The monoisotopic (exact) mass is 243 g/mol. The molecule has 1 rings (SSSR count). The Labute approximate surface area is 98.9 Å². The molecule has 1 nitrogen and oxygen atoms in total. The highest BCUT2D eigenvalue weighted by Crippen LogP contribution is 2.34. The van der Waals surface area contributed by atoms with Crippen LogP contribution in [0.15, 0.2) is 30.9 Å². The normalized spacial score (nSPS) is 11.6. The molecule has 1 radical (unpaired) electrons. The molecule has 0 aliphatic rings. The maximum Gasteiger partial charge on any atom is 0.573 e. The SMILES string of the molecule is C=C[C](C)c1cccc(CC)c1OC(F)(F)F. The van der Waals surface area contributed by atoms with E-state index in [1.54, 1.807) is 32.0 Å². The van der Waals surface area contributed by atoms with E-state index in [-0.39, 0.29) is 5.75 Å². The first kappa shape index (κ1) is 13.6. The van der Waals surface area contributed by atoms with Gasteiger partial charge >= 0.3 is 6.36 Å². The number of hydrogen-bond donors (Lipinski definition) is 0. The van der Waals surface area contributed by atoms with E-state index >= 15 is 0 Å². The maximum atomic E-state index is 12.3. The predicted octanol–water partition coefficient (Wildman–Crippen LogP) is 4.28. The Morgan fingerprint density at radius 3 is 2.53 bits per heavy atom. The molecule has 1 aromatic rings. The van der Waals surface area contributed by atoms with Crippen molar-refractivity contribution in [1.82, 2.24) is 0 Å². The summed E-state index contributed by atoms with van der Waals surface area (Å²) in [4.78, 5) is 0. The quantitative estimate of drug-likeness (QED) is 0.767. The third kappa shape index (κ3) is 3.51. The topological polar surface area (TPSA) is 9.23 Å². The minimum atomic E-state index is -4.68. The largest absolute Gasteiger partial charge is 0.573 e. The molecule has 0 bridgehead atoms. The second-order valence-corrected chi connectivity index (χ2v) is 3.58. The fraction of sp³-hybridized carbons (Fsp3) is 0.308. The summed E-state index contributed by atoms with van der Waals surface area (Å²) in [5.74, 6) is 0.527. The van der Waals surface area contributed by atoms with Gasteiger partial charge in [-0.05, 0) is 12.0 Å². The molecule has 0 heterocycles. The Morgan fingerprint density at radius 2 is 2.06 bits per heavy atom. The Kier molecular flexibility index (Phi) is 4.21. The van der Waals surface area contributed by atoms with Crippen molar-refractivity contribution in [3.63, 3.8) is 0 Å². The van der Waals surface area contributed by atoms with Crippen molar-refractivity contribution in [2.45, 2.75) is 26.6 Å².